The zero-order valence-corrected chi connectivity index (χ0v) is 13.1. The summed E-state index contributed by atoms with van der Waals surface area (Å²) in [7, 11) is 0. The molecule has 0 N–H and O–H groups in total. The maximum atomic E-state index is 12.9. The summed E-state index contributed by atoms with van der Waals surface area (Å²) in [4.78, 5) is 31.7. The molecule has 2 atom stereocenters. The topological polar surface area (TPSA) is 63.9 Å². The lowest BCUT2D eigenvalue weighted by Crippen LogP contribution is -2.52. The molecule has 6 heteroatoms. The molecule has 4 rings (SSSR count). The van der Waals surface area contributed by atoms with Gasteiger partial charge in [-0.25, -0.2) is 4.98 Å². The molecule has 6 nitrogen and oxygen atoms in total. The number of aromatic nitrogens is 2. The summed E-state index contributed by atoms with van der Waals surface area (Å²) in [6.07, 6.45) is 6.24. The highest BCUT2D eigenvalue weighted by atomic mass is 16.5. The number of hydrogen-bond donors (Lipinski definition) is 0. The number of aryl methyl sites for hydroxylation is 1. The van der Waals surface area contributed by atoms with Crippen molar-refractivity contribution in [3.8, 4) is 0 Å². The summed E-state index contributed by atoms with van der Waals surface area (Å²) in [5.74, 6) is -0.224. The Balaban J connectivity index is 1.75. The lowest BCUT2D eigenvalue weighted by atomic mass is 10.1. The second-order valence-electron chi connectivity index (χ2n) is 6.32. The van der Waals surface area contributed by atoms with Crippen LogP contribution in [0.1, 0.15) is 35.2 Å². The molecule has 1 aliphatic heterocycles. The van der Waals surface area contributed by atoms with Crippen molar-refractivity contribution in [3.05, 3.63) is 46.0 Å². The minimum absolute atomic E-state index is 0.0915. The van der Waals surface area contributed by atoms with Gasteiger partial charge in [0.1, 0.15) is 11.2 Å². The van der Waals surface area contributed by atoms with Crippen LogP contribution in [0.3, 0.4) is 0 Å². The maximum absolute atomic E-state index is 12.9. The molecule has 0 radical (unpaired) electrons. The fourth-order valence-corrected chi connectivity index (χ4v) is 3.66. The first-order valence-corrected chi connectivity index (χ1v) is 8.06. The molecule has 2 unspecified atom stereocenters. The van der Waals surface area contributed by atoms with E-state index in [0.717, 1.165) is 24.8 Å². The Morgan fingerprint density at radius 2 is 2.22 bits per heavy atom. The van der Waals surface area contributed by atoms with Crippen molar-refractivity contribution < 1.29 is 9.53 Å². The first-order valence-electron chi connectivity index (χ1n) is 8.06. The van der Waals surface area contributed by atoms with Gasteiger partial charge in [-0.3, -0.25) is 14.0 Å². The zero-order chi connectivity index (χ0) is 16.0. The molecule has 1 saturated carbocycles. The van der Waals surface area contributed by atoms with E-state index in [9.17, 15) is 9.59 Å². The average Bonchev–Trinajstić information content (AvgIpc) is 3.04. The lowest BCUT2D eigenvalue weighted by Gasteiger charge is -2.37. The first-order chi connectivity index (χ1) is 11.1. The number of ether oxygens (including phenoxy) is 1. The van der Waals surface area contributed by atoms with Gasteiger partial charge in [0.25, 0.3) is 11.5 Å². The lowest BCUT2D eigenvalue weighted by molar-refractivity contribution is -0.0446. The smallest absolute Gasteiger partial charge is 0.270 e. The Kier molecular flexibility index (Phi) is 3.41. The minimum atomic E-state index is -0.301. The summed E-state index contributed by atoms with van der Waals surface area (Å²) in [5, 5.41) is 0. The minimum Gasteiger partial charge on any atom is -0.374 e. The molecule has 2 aliphatic rings. The van der Waals surface area contributed by atoms with Gasteiger partial charge >= 0.3 is 0 Å². The molecular formula is C17H19N3O3. The second-order valence-corrected chi connectivity index (χ2v) is 6.32. The highest BCUT2D eigenvalue weighted by Gasteiger charge is 2.39. The van der Waals surface area contributed by atoms with Gasteiger partial charge in [-0.1, -0.05) is 6.07 Å². The Hall–Kier alpha value is -2.21. The van der Waals surface area contributed by atoms with Crippen molar-refractivity contribution in [2.75, 3.05) is 13.2 Å². The third-order valence-electron chi connectivity index (χ3n) is 4.82. The Labute approximate surface area is 133 Å². The first kappa shape index (κ1) is 14.4. The number of pyridine rings is 1. The molecule has 1 saturated heterocycles. The van der Waals surface area contributed by atoms with Crippen molar-refractivity contribution in [2.45, 2.75) is 38.3 Å². The quantitative estimate of drug-likeness (QED) is 0.798. The number of fused-ring (bicyclic) bond motifs is 2. The molecule has 1 amide bonds. The molecule has 120 valence electrons. The van der Waals surface area contributed by atoms with Crippen molar-refractivity contribution in [2.24, 2.45) is 0 Å². The van der Waals surface area contributed by atoms with E-state index in [0.29, 0.717) is 18.8 Å². The van der Waals surface area contributed by atoms with E-state index in [4.69, 9.17) is 4.74 Å². The van der Waals surface area contributed by atoms with Crippen molar-refractivity contribution in [3.63, 3.8) is 0 Å². The monoisotopic (exact) mass is 313 g/mol. The molecule has 1 aliphatic carbocycles. The van der Waals surface area contributed by atoms with Gasteiger partial charge in [0.15, 0.2) is 0 Å². The number of carbonyl (C=O) groups excluding carboxylic acids is 1. The molecule has 2 aromatic rings. The number of amides is 1. The average molecular weight is 313 g/mol. The Morgan fingerprint density at radius 3 is 3.09 bits per heavy atom. The zero-order valence-electron chi connectivity index (χ0n) is 13.1. The van der Waals surface area contributed by atoms with Gasteiger partial charge in [-0.2, -0.15) is 0 Å². The second kappa shape index (κ2) is 5.45. The fourth-order valence-electron chi connectivity index (χ4n) is 3.66. The van der Waals surface area contributed by atoms with E-state index in [1.165, 1.54) is 10.6 Å². The van der Waals surface area contributed by atoms with Crippen LogP contribution in [-0.4, -0.2) is 45.5 Å². The summed E-state index contributed by atoms with van der Waals surface area (Å²) in [5.41, 5.74) is 1.34. The van der Waals surface area contributed by atoms with Gasteiger partial charge in [0, 0.05) is 18.9 Å². The number of rotatable bonds is 1. The van der Waals surface area contributed by atoms with Crippen molar-refractivity contribution in [1.82, 2.24) is 14.3 Å². The maximum Gasteiger partial charge on any atom is 0.270 e. The van der Waals surface area contributed by atoms with E-state index < -0.39 is 0 Å². The van der Waals surface area contributed by atoms with Crippen molar-refractivity contribution in [1.29, 1.82) is 0 Å². The molecule has 3 heterocycles. The molecule has 0 bridgehead atoms. The van der Waals surface area contributed by atoms with E-state index in [2.05, 4.69) is 4.98 Å². The van der Waals surface area contributed by atoms with Crippen LogP contribution in [0.15, 0.2) is 29.3 Å². The van der Waals surface area contributed by atoms with Crippen LogP contribution < -0.4 is 5.56 Å². The molecule has 2 aromatic heterocycles. The SMILES string of the molecule is Cc1ccc2ncc(C(=O)N3CCOC4CCCC43)c(=O)n2c1. The predicted octanol–water partition coefficient (Wildman–Crippen LogP) is 1.40. The van der Waals surface area contributed by atoms with Crippen LogP contribution in [0, 0.1) is 6.92 Å². The van der Waals surface area contributed by atoms with Gasteiger partial charge in [0.05, 0.1) is 18.8 Å². The summed E-state index contributed by atoms with van der Waals surface area (Å²) in [6, 6.07) is 3.77. The molecule has 23 heavy (non-hydrogen) atoms. The number of morpholine rings is 1. The van der Waals surface area contributed by atoms with Crippen LogP contribution in [0.5, 0.6) is 0 Å². The molecule has 0 aromatic carbocycles. The summed E-state index contributed by atoms with van der Waals surface area (Å²) in [6.45, 7) is 2.98. The van der Waals surface area contributed by atoms with Gasteiger partial charge in [0.2, 0.25) is 0 Å². The van der Waals surface area contributed by atoms with Crippen LogP contribution in [-0.2, 0) is 4.74 Å². The van der Waals surface area contributed by atoms with Crippen LogP contribution in [0.2, 0.25) is 0 Å². The largest absolute Gasteiger partial charge is 0.374 e. The predicted molar refractivity (Wildman–Crippen MR) is 84.6 cm³/mol. The summed E-state index contributed by atoms with van der Waals surface area (Å²) >= 11 is 0. The highest BCUT2D eigenvalue weighted by Crippen LogP contribution is 2.30. The normalized spacial score (nSPS) is 24.0. The number of carbonyl (C=O) groups is 1. The van der Waals surface area contributed by atoms with E-state index in [-0.39, 0.29) is 29.2 Å². The fraction of sp³-hybridized carbons (Fsp3) is 0.471. The molecule has 2 fully saturated rings. The number of nitrogens with zero attached hydrogens (tertiary/aromatic N) is 3. The third-order valence-corrected chi connectivity index (χ3v) is 4.82. The van der Waals surface area contributed by atoms with E-state index in [1.807, 2.05) is 17.9 Å². The molecule has 0 spiro atoms. The van der Waals surface area contributed by atoms with Crippen molar-refractivity contribution >= 4 is 11.6 Å². The van der Waals surface area contributed by atoms with Crippen LogP contribution >= 0.6 is 0 Å². The van der Waals surface area contributed by atoms with E-state index >= 15 is 0 Å². The highest BCUT2D eigenvalue weighted by molar-refractivity contribution is 5.94. The third kappa shape index (κ3) is 2.34. The van der Waals surface area contributed by atoms with Crippen LogP contribution in [0.25, 0.3) is 5.65 Å². The summed E-state index contributed by atoms with van der Waals surface area (Å²) < 4.78 is 7.20. The number of hydrogen-bond acceptors (Lipinski definition) is 4. The Morgan fingerprint density at radius 1 is 1.35 bits per heavy atom. The van der Waals surface area contributed by atoms with E-state index in [1.54, 1.807) is 12.3 Å². The Bertz CT molecular complexity index is 829. The van der Waals surface area contributed by atoms with Gasteiger partial charge < -0.3 is 9.64 Å². The van der Waals surface area contributed by atoms with Gasteiger partial charge in [-0.15, -0.1) is 0 Å². The standard InChI is InChI=1S/C17H19N3O3/c1-11-5-6-15-18-9-12(17(22)20(15)10-11)16(21)19-7-8-23-14-4-2-3-13(14)19/h5-6,9-10,13-14H,2-4,7-8H2,1H3. The van der Waals surface area contributed by atoms with Gasteiger partial charge in [-0.05, 0) is 37.8 Å². The molecular weight excluding hydrogens is 294 g/mol. The van der Waals surface area contributed by atoms with Crippen LogP contribution in [0.4, 0.5) is 0 Å².